The van der Waals surface area contributed by atoms with E-state index in [-0.39, 0.29) is 18.7 Å². The fourth-order valence-corrected chi connectivity index (χ4v) is 1.63. The van der Waals surface area contributed by atoms with Gasteiger partial charge in [0.15, 0.2) is 17.5 Å². The minimum Gasteiger partial charge on any atom is -0.396 e. The number of nitrogens with one attached hydrogen (secondary N) is 1. The van der Waals surface area contributed by atoms with Crippen LogP contribution in [0.5, 0.6) is 0 Å². The summed E-state index contributed by atoms with van der Waals surface area (Å²) in [6, 6.07) is 1.44. The maximum absolute atomic E-state index is 13.1. The van der Waals surface area contributed by atoms with E-state index in [9.17, 15) is 13.2 Å². The van der Waals surface area contributed by atoms with Gasteiger partial charge in [-0.1, -0.05) is 0 Å². The molecular formula is C12H17F3N2O. The number of halogens is 3. The molecule has 0 fully saturated rings. The van der Waals surface area contributed by atoms with E-state index in [4.69, 9.17) is 10.8 Å². The Bertz CT molecular complexity index is 365. The summed E-state index contributed by atoms with van der Waals surface area (Å²) in [6.07, 6.45) is 1.36. The number of hydrogen-bond donors (Lipinski definition) is 3. The first-order chi connectivity index (χ1) is 8.60. The van der Waals surface area contributed by atoms with Crippen molar-refractivity contribution in [1.82, 2.24) is 5.32 Å². The summed E-state index contributed by atoms with van der Waals surface area (Å²) in [5.41, 5.74) is 5.78. The molecule has 1 unspecified atom stereocenters. The fourth-order valence-electron chi connectivity index (χ4n) is 1.63. The monoisotopic (exact) mass is 262 g/mol. The van der Waals surface area contributed by atoms with Crippen molar-refractivity contribution in [3.05, 3.63) is 35.1 Å². The van der Waals surface area contributed by atoms with Crippen LogP contribution < -0.4 is 11.1 Å². The number of aliphatic hydroxyl groups is 1. The molecule has 1 rings (SSSR count). The van der Waals surface area contributed by atoms with Gasteiger partial charge in [0, 0.05) is 19.2 Å². The highest BCUT2D eigenvalue weighted by Crippen LogP contribution is 2.18. The van der Waals surface area contributed by atoms with Crippen LogP contribution in [-0.2, 0) is 0 Å². The van der Waals surface area contributed by atoms with Crippen LogP contribution in [0.15, 0.2) is 12.1 Å². The first-order valence-corrected chi connectivity index (χ1v) is 5.79. The Hall–Kier alpha value is -1.11. The lowest BCUT2D eigenvalue weighted by atomic mass is 10.1. The highest BCUT2D eigenvalue weighted by atomic mass is 19.2. The zero-order valence-corrected chi connectivity index (χ0v) is 9.93. The number of rotatable bonds is 7. The fraction of sp³-hybridized carbons (Fsp3) is 0.500. The molecule has 0 aliphatic carbocycles. The van der Waals surface area contributed by atoms with Crippen LogP contribution in [0, 0.1) is 17.5 Å². The minimum absolute atomic E-state index is 0.0920. The molecule has 102 valence electrons. The highest BCUT2D eigenvalue weighted by Gasteiger charge is 2.15. The maximum Gasteiger partial charge on any atom is 0.194 e. The normalized spacial score (nSPS) is 12.7. The smallest absolute Gasteiger partial charge is 0.194 e. The molecule has 0 amide bonds. The van der Waals surface area contributed by atoms with Gasteiger partial charge in [-0.15, -0.1) is 0 Å². The Balaban J connectivity index is 2.70. The molecule has 0 bridgehead atoms. The molecule has 1 atom stereocenters. The van der Waals surface area contributed by atoms with E-state index in [1.807, 2.05) is 0 Å². The van der Waals surface area contributed by atoms with Crippen LogP contribution in [0.2, 0.25) is 0 Å². The second kappa shape index (κ2) is 7.35. The van der Waals surface area contributed by atoms with Crippen molar-refractivity contribution >= 4 is 0 Å². The quantitative estimate of drug-likeness (QED) is 0.515. The summed E-state index contributed by atoms with van der Waals surface area (Å²) in [5, 5.41) is 11.6. The lowest BCUT2D eigenvalue weighted by Crippen LogP contribution is -2.29. The molecule has 0 saturated heterocycles. The van der Waals surface area contributed by atoms with Crippen molar-refractivity contribution in [2.45, 2.75) is 18.9 Å². The van der Waals surface area contributed by atoms with Gasteiger partial charge in [0.2, 0.25) is 0 Å². The van der Waals surface area contributed by atoms with E-state index in [1.165, 1.54) is 0 Å². The minimum atomic E-state index is -1.48. The van der Waals surface area contributed by atoms with Crippen molar-refractivity contribution in [2.75, 3.05) is 19.7 Å². The second-order valence-electron chi connectivity index (χ2n) is 3.97. The van der Waals surface area contributed by atoms with Crippen LogP contribution in [0.3, 0.4) is 0 Å². The molecule has 1 aromatic carbocycles. The van der Waals surface area contributed by atoms with Gasteiger partial charge in [-0.25, -0.2) is 13.2 Å². The SMILES string of the molecule is NCC(NCCCCO)c1cc(F)c(F)c(F)c1. The van der Waals surface area contributed by atoms with E-state index in [2.05, 4.69) is 5.32 Å². The van der Waals surface area contributed by atoms with Crippen LogP contribution in [0.4, 0.5) is 13.2 Å². The van der Waals surface area contributed by atoms with Crippen LogP contribution >= 0.6 is 0 Å². The summed E-state index contributed by atoms with van der Waals surface area (Å²) >= 11 is 0. The molecule has 18 heavy (non-hydrogen) atoms. The highest BCUT2D eigenvalue weighted by molar-refractivity contribution is 5.23. The lowest BCUT2D eigenvalue weighted by Gasteiger charge is -2.17. The van der Waals surface area contributed by atoms with Crippen molar-refractivity contribution in [1.29, 1.82) is 0 Å². The first kappa shape index (κ1) is 14.9. The molecule has 6 heteroatoms. The molecular weight excluding hydrogens is 245 g/mol. The molecule has 0 spiro atoms. The first-order valence-electron chi connectivity index (χ1n) is 5.79. The van der Waals surface area contributed by atoms with Crippen molar-refractivity contribution < 1.29 is 18.3 Å². The average Bonchev–Trinajstić information content (AvgIpc) is 2.35. The van der Waals surface area contributed by atoms with Gasteiger partial charge in [-0.2, -0.15) is 0 Å². The van der Waals surface area contributed by atoms with E-state index >= 15 is 0 Å². The molecule has 0 heterocycles. The summed E-state index contributed by atoms with van der Waals surface area (Å²) in [4.78, 5) is 0. The third-order valence-electron chi connectivity index (χ3n) is 2.62. The zero-order chi connectivity index (χ0) is 13.5. The van der Waals surface area contributed by atoms with Crippen molar-refractivity contribution in [3.63, 3.8) is 0 Å². The van der Waals surface area contributed by atoms with Gasteiger partial charge in [0.05, 0.1) is 0 Å². The summed E-state index contributed by atoms with van der Waals surface area (Å²) < 4.78 is 38.9. The molecule has 3 nitrogen and oxygen atoms in total. The van der Waals surface area contributed by atoms with Crippen molar-refractivity contribution in [2.24, 2.45) is 5.73 Å². The topological polar surface area (TPSA) is 58.3 Å². The van der Waals surface area contributed by atoms with E-state index in [0.29, 0.717) is 13.0 Å². The molecule has 0 aromatic heterocycles. The molecule has 0 radical (unpaired) electrons. The third kappa shape index (κ3) is 3.97. The van der Waals surface area contributed by atoms with Gasteiger partial charge in [0.1, 0.15) is 0 Å². The van der Waals surface area contributed by atoms with Gasteiger partial charge >= 0.3 is 0 Å². The van der Waals surface area contributed by atoms with Crippen LogP contribution in [0.1, 0.15) is 24.4 Å². The molecule has 0 aliphatic heterocycles. The van der Waals surface area contributed by atoms with Crippen molar-refractivity contribution in [3.8, 4) is 0 Å². The maximum atomic E-state index is 13.1. The van der Waals surface area contributed by atoms with E-state index < -0.39 is 23.5 Å². The largest absolute Gasteiger partial charge is 0.396 e. The zero-order valence-electron chi connectivity index (χ0n) is 9.93. The van der Waals surface area contributed by atoms with E-state index in [1.54, 1.807) is 0 Å². The number of hydrogen-bond acceptors (Lipinski definition) is 3. The number of benzene rings is 1. The molecule has 4 N–H and O–H groups in total. The summed E-state index contributed by atoms with van der Waals surface area (Å²) in [7, 11) is 0. The Morgan fingerprint density at radius 3 is 2.28 bits per heavy atom. The number of unbranched alkanes of at least 4 members (excludes halogenated alkanes) is 1. The van der Waals surface area contributed by atoms with Gasteiger partial charge < -0.3 is 16.2 Å². The Morgan fingerprint density at radius 1 is 1.17 bits per heavy atom. The Labute approximate surface area is 104 Å². The van der Waals surface area contributed by atoms with Gasteiger partial charge in [0.25, 0.3) is 0 Å². The van der Waals surface area contributed by atoms with E-state index in [0.717, 1.165) is 18.6 Å². The van der Waals surface area contributed by atoms with Gasteiger partial charge in [-0.3, -0.25) is 0 Å². The summed E-state index contributed by atoms with van der Waals surface area (Å²) in [6.45, 7) is 0.793. The number of nitrogens with two attached hydrogens (primary N) is 1. The third-order valence-corrected chi connectivity index (χ3v) is 2.62. The predicted molar refractivity (Wildman–Crippen MR) is 62.4 cm³/mol. The molecule has 0 saturated carbocycles. The standard InChI is InChI=1S/C12H17F3N2O/c13-9-5-8(6-10(14)12(9)15)11(7-16)17-3-1-2-4-18/h5-6,11,17-18H,1-4,7,16H2. The average molecular weight is 262 g/mol. The van der Waals surface area contributed by atoms with Gasteiger partial charge in [-0.05, 0) is 37.1 Å². The lowest BCUT2D eigenvalue weighted by molar-refractivity contribution is 0.282. The number of aliphatic hydroxyl groups excluding tert-OH is 1. The van der Waals surface area contributed by atoms with Crippen LogP contribution in [-0.4, -0.2) is 24.8 Å². The Morgan fingerprint density at radius 2 is 1.78 bits per heavy atom. The molecule has 0 aliphatic rings. The van der Waals surface area contributed by atoms with Crippen LogP contribution in [0.25, 0.3) is 0 Å². The Kier molecular flexibility index (Phi) is 6.11. The summed E-state index contributed by atoms with van der Waals surface area (Å²) in [5.74, 6) is -3.92. The molecule has 1 aromatic rings. The predicted octanol–water partition coefficient (Wildman–Crippen LogP) is 1.47. The second-order valence-corrected chi connectivity index (χ2v) is 3.97.